The minimum Gasteiger partial charge on any atom is -0.550 e. The second kappa shape index (κ2) is 18.0. The average Bonchev–Trinajstić information content (AvgIpc) is 2.64. The fraction of sp³-hybridized carbons (Fsp3) is 0.760. The molecule has 0 bridgehead atoms. The van der Waals surface area contributed by atoms with Crippen molar-refractivity contribution >= 4 is 11.9 Å². The largest absolute Gasteiger partial charge is 0.550 e. The molecule has 0 saturated heterocycles. The fourth-order valence-electron chi connectivity index (χ4n) is 3.27. The van der Waals surface area contributed by atoms with Gasteiger partial charge in [0.2, 0.25) is 0 Å². The molecular formula is C25H45NO5. The predicted octanol–water partition coefficient (Wildman–Crippen LogP) is 3.53. The van der Waals surface area contributed by atoms with Gasteiger partial charge in [-0.05, 0) is 38.5 Å². The number of hydrogen-bond acceptors (Lipinski definition) is 5. The number of allylic oxidation sites excluding steroid dienone is 2. The molecule has 0 heterocycles. The van der Waals surface area contributed by atoms with Gasteiger partial charge in [0.05, 0.1) is 27.2 Å². The van der Waals surface area contributed by atoms with Crippen LogP contribution in [0.25, 0.3) is 0 Å². The zero-order valence-electron chi connectivity index (χ0n) is 20.2. The summed E-state index contributed by atoms with van der Waals surface area (Å²) in [5.74, 6) is -1.54. The highest BCUT2D eigenvalue weighted by molar-refractivity contribution is 5.70. The highest BCUT2D eigenvalue weighted by Crippen LogP contribution is 2.10. The standard InChI is InChI=1S/C25H45NO5/c1-5-6-7-8-11-14-17-22(27)18-15-12-9-10-13-16-19-25(30)31-23(20-24(28)29)21-26(2,3)4/h11,14-15,18,22-23,27H,5-10,12-13,16-17,19-21H2,1-4H3/b14-11+,18-15+. The van der Waals surface area contributed by atoms with E-state index in [1.54, 1.807) is 0 Å². The van der Waals surface area contributed by atoms with E-state index in [-0.39, 0.29) is 12.4 Å². The Bertz CT molecular complexity index is 537. The first-order valence-electron chi connectivity index (χ1n) is 11.8. The molecule has 31 heavy (non-hydrogen) atoms. The molecule has 1 N–H and O–H groups in total. The molecule has 0 aliphatic carbocycles. The number of quaternary nitrogens is 1. The Labute approximate surface area is 189 Å². The number of aliphatic hydroxyl groups is 1. The molecule has 2 atom stereocenters. The number of aliphatic hydroxyl groups excluding tert-OH is 1. The third-order valence-corrected chi connectivity index (χ3v) is 4.82. The SMILES string of the molecule is CCCCC/C=C/CC(O)/C=C/CCCCCCC(=O)OC(CC(=O)[O-])C[N+](C)(C)C. The van der Waals surface area contributed by atoms with E-state index in [0.29, 0.717) is 23.9 Å². The molecule has 0 amide bonds. The molecule has 0 aliphatic rings. The van der Waals surface area contributed by atoms with Crippen LogP contribution in [-0.2, 0) is 14.3 Å². The average molecular weight is 440 g/mol. The third kappa shape index (κ3) is 21.4. The molecule has 6 nitrogen and oxygen atoms in total. The van der Waals surface area contributed by atoms with Gasteiger partial charge in [0.15, 0.2) is 6.10 Å². The number of rotatable bonds is 19. The number of aliphatic carboxylic acids is 1. The molecule has 0 aromatic heterocycles. The number of hydrogen-bond donors (Lipinski definition) is 1. The lowest BCUT2D eigenvalue weighted by molar-refractivity contribution is -0.873. The lowest BCUT2D eigenvalue weighted by Gasteiger charge is -2.29. The molecule has 0 fully saturated rings. The van der Waals surface area contributed by atoms with E-state index in [1.165, 1.54) is 19.3 Å². The number of likely N-dealkylation sites (N-methyl/N-ethyl adjacent to an activating group) is 1. The first-order chi connectivity index (χ1) is 14.6. The molecule has 0 radical (unpaired) electrons. The van der Waals surface area contributed by atoms with Gasteiger partial charge < -0.3 is 24.2 Å². The van der Waals surface area contributed by atoms with Gasteiger partial charge in [-0.25, -0.2) is 0 Å². The first kappa shape index (κ1) is 29.3. The predicted molar refractivity (Wildman–Crippen MR) is 123 cm³/mol. The minimum atomic E-state index is -1.20. The zero-order chi connectivity index (χ0) is 23.5. The number of carboxylic acid groups (broad SMARTS) is 1. The molecule has 2 unspecified atom stereocenters. The van der Waals surface area contributed by atoms with Gasteiger partial charge in [-0.3, -0.25) is 4.79 Å². The second-order valence-corrected chi connectivity index (χ2v) is 9.31. The van der Waals surface area contributed by atoms with Gasteiger partial charge >= 0.3 is 5.97 Å². The minimum absolute atomic E-state index is 0.270. The second-order valence-electron chi connectivity index (χ2n) is 9.31. The summed E-state index contributed by atoms with van der Waals surface area (Å²) in [4.78, 5) is 22.9. The van der Waals surface area contributed by atoms with Crippen molar-refractivity contribution in [2.45, 2.75) is 96.2 Å². The van der Waals surface area contributed by atoms with Crippen LogP contribution in [0.1, 0.15) is 84.0 Å². The monoisotopic (exact) mass is 439 g/mol. The van der Waals surface area contributed by atoms with Crippen LogP contribution >= 0.6 is 0 Å². The van der Waals surface area contributed by atoms with Crippen molar-refractivity contribution in [1.82, 2.24) is 0 Å². The lowest BCUT2D eigenvalue weighted by Crippen LogP contribution is -2.45. The maximum Gasteiger partial charge on any atom is 0.306 e. The van der Waals surface area contributed by atoms with Gasteiger partial charge in [-0.1, -0.05) is 56.9 Å². The van der Waals surface area contributed by atoms with Crippen molar-refractivity contribution < 1.29 is 29.0 Å². The molecule has 0 aromatic carbocycles. The van der Waals surface area contributed by atoms with Crippen molar-refractivity contribution in [3.05, 3.63) is 24.3 Å². The summed E-state index contributed by atoms with van der Waals surface area (Å²) in [5, 5.41) is 20.8. The summed E-state index contributed by atoms with van der Waals surface area (Å²) in [5.41, 5.74) is 0. The van der Waals surface area contributed by atoms with Crippen LogP contribution < -0.4 is 5.11 Å². The number of carbonyl (C=O) groups excluding carboxylic acids is 2. The Morgan fingerprint density at radius 1 is 0.968 bits per heavy atom. The Morgan fingerprint density at radius 3 is 2.26 bits per heavy atom. The van der Waals surface area contributed by atoms with Crippen molar-refractivity contribution in [2.24, 2.45) is 0 Å². The molecule has 180 valence electrons. The Balaban J connectivity index is 3.85. The van der Waals surface area contributed by atoms with Gasteiger partial charge in [0.1, 0.15) is 6.54 Å². The van der Waals surface area contributed by atoms with Crippen LogP contribution in [-0.4, -0.2) is 61.4 Å². The van der Waals surface area contributed by atoms with Crippen LogP contribution in [0.15, 0.2) is 24.3 Å². The number of carboxylic acids is 1. The normalized spacial score (nSPS) is 14.2. The quantitative estimate of drug-likeness (QED) is 0.144. The number of unbranched alkanes of at least 4 members (excludes halogenated alkanes) is 7. The zero-order valence-corrected chi connectivity index (χ0v) is 20.2. The Morgan fingerprint density at radius 2 is 1.61 bits per heavy atom. The highest BCUT2D eigenvalue weighted by Gasteiger charge is 2.22. The van der Waals surface area contributed by atoms with Gasteiger partial charge in [0, 0.05) is 18.8 Å². The summed E-state index contributed by atoms with van der Waals surface area (Å²) in [6.07, 6.45) is 17.1. The van der Waals surface area contributed by atoms with E-state index in [2.05, 4.69) is 19.1 Å². The number of carbonyl (C=O) groups is 2. The smallest absolute Gasteiger partial charge is 0.306 e. The highest BCUT2D eigenvalue weighted by atomic mass is 16.5. The molecule has 0 spiro atoms. The molecule has 0 aliphatic heterocycles. The molecule has 0 rings (SSSR count). The van der Waals surface area contributed by atoms with Crippen molar-refractivity contribution in [3.8, 4) is 0 Å². The van der Waals surface area contributed by atoms with Crippen LogP contribution in [0.3, 0.4) is 0 Å². The van der Waals surface area contributed by atoms with Gasteiger partial charge in [0.25, 0.3) is 0 Å². The van der Waals surface area contributed by atoms with Crippen molar-refractivity contribution in [3.63, 3.8) is 0 Å². The van der Waals surface area contributed by atoms with E-state index in [1.807, 2.05) is 33.3 Å². The van der Waals surface area contributed by atoms with Gasteiger partial charge in [-0.15, -0.1) is 0 Å². The van der Waals surface area contributed by atoms with Gasteiger partial charge in [-0.2, -0.15) is 0 Å². The summed E-state index contributed by atoms with van der Waals surface area (Å²) < 4.78 is 5.86. The Kier molecular flexibility index (Phi) is 17.0. The fourth-order valence-corrected chi connectivity index (χ4v) is 3.27. The summed E-state index contributed by atoms with van der Waals surface area (Å²) >= 11 is 0. The number of esters is 1. The number of ether oxygens (including phenoxy) is 1. The van der Waals surface area contributed by atoms with E-state index in [4.69, 9.17) is 4.74 Å². The molecule has 6 heteroatoms. The first-order valence-corrected chi connectivity index (χ1v) is 11.8. The maximum absolute atomic E-state index is 12.0. The lowest BCUT2D eigenvalue weighted by atomic mass is 10.1. The number of nitrogens with zero attached hydrogens (tertiary/aromatic N) is 1. The molecular weight excluding hydrogens is 394 g/mol. The Hall–Kier alpha value is -1.66. The van der Waals surface area contributed by atoms with E-state index in [9.17, 15) is 19.8 Å². The van der Waals surface area contributed by atoms with Crippen LogP contribution in [0.4, 0.5) is 0 Å². The topological polar surface area (TPSA) is 86.7 Å². The van der Waals surface area contributed by atoms with Crippen LogP contribution in [0.5, 0.6) is 0 Å². The maximum atomic E-state index is 12.0. The molecule has 0 aromatic rings. The summed E-state index contributed by atoms with van der Waals surface area (Å²) in [7, 11) is 5.78. The van der Waals surface area contributed by atoms with E-state index < -0.39 is 18.2 Å². The summed E-state index contributed by atoms with van der Waals surface area (Å²) in [6, 6.07) is 0. The van der Waals surface area contributed by atoms with E-state index in [0.717, 1.165) is 38.5 Å². The van der Waals surface area contributed by atoms with E-state index >= 15 is 0 Å². The van der Waals surface area contributed by atoms with Crippen molar-refractivity contribution in [1.29, 1.82) is 0 Å². The van der Waals surface area contributed by atoms with Crippen LogP contribution in [0, 0.1) is 0 Å². The summed E-state index contributed by atoms with van der Waals surface area (Å²) in [6.45, 7) is 2.63. The van der Waals surface area contributed by atoms with Crippen molar-refractivity contribution in [2.75, 3.05) is 27.7 Å². The molecule has 0 saturated carbocycles. The third-order valence-electron chi connectivity index (χ3n) is 4.82. The van der Waals surface area contributed by atoms with Crippen LogP contribution in [0.2, 0.25) is 0 Å².